The third-order valence-electron chi connectivity index (χ3n) is 2.60. The molecular formula is C13H16N. The van der Waals surface area contributed by atoms with Crippen LogP contribution in [0, 0.1) is 6.07 Å². The highest BCUT2D eigenvalue weighted by atomic mass is 14.9. The predicted octanol–water partition coefficient (Wildman–Crippen LogP) is 3.40. The van der Waals surface area contributed by atoms with E-state index in [0.29, 0.717) is 0 Å². The second kappa shape index (κ2) is 4.85. The molecule has 1 N–H and O–H groups in total. The summed E-state index contributed by atoms with van der Waals surface area (Å²) in [7, 11) is 0. The van der Waals surface area contributed by atoms with Gasteiger partial charge in [0.05, 0.1) is 0 Å². The first-order chi connectivity index (χ1) is 6.95. The second-order valence-corrected chi connectivity index (χ2v) is 3.74. The third kappa shape index (κ3) is 2.63. The standard InChI is InChI=1S/C13H16N/c1-3-7-12(8-4-1)11-14-13-9-5-2-6-10-13/h2,5-7,9,14H,1,3-4,8,11H2. The number of anilines is 1. The van der Waals surface area contributed by atoms with Gasteiger partial charge in [-0.1, -0.05) is 29.8 Å². The molecule has 1 aromatic carbocycles. The fourth-order valence-corrected chi connectivity index (χ4v) is 1.78. The Morgan fingerprint density at radius 3 is 3.00 bits per heavy atom. The molecule has 2 rings (SSSR count). The van der Waals surface area contributed by atoms with Crippen molar-refractivity contribution in [3.8, 4) is 0 Å². The minimum atomic E-state index is 0.987. The molecule has 1 nitrogen and oxygen atoms in total. The maximum atomic E-state index is 3.39. The molecular weight excluding hydrogens is 170 g/mol. The Morgan fingerprint density at radius 2 is 2.29 bits per heavy atom. The monoisotopic (exact) mass is 186 g/mol. The molecule has 0 saturated carbocycles. The summed E-state index contributed by atoms with van der Waals surface area (Å²) in [5.74, 6) is 0. The van der Waals surface area contributed by atoms with Gasteiger partial charge < -0.3 is 5.32 Å². The van der Waals surface area contributed by atoms with Gasteiger partial charge in [-0.05, 0) is 31.7 Å². The van der Waals surface area contributed by atoms with Crippen LogP contribution in [0.5, 0.6) is 0 Å². The van der Waals surface area contributed by atoms with Gasteiger partial charge in [0, 0.05) is 18.3 Å². The largest absolute Gasteiger partial charge is 0.381 e. The Balaban J connectivity index is 1.85. The van der Waals surface area contributed by atoms with Crippen LogP contribution in [0.4, 0.5) is 5.69 Å². The minimum Gasteiger partial charge on any atom is -0.381 e. The highest BCUT2D eigenvalue weighted by Crippen LogP contribution is 2.17. The molecule has 1 heteroatoms. The molecule has 0 aliphatic heterocycles. The Kier molecular flexibility index (Phi) is 3.23. The normalized spacial score (nSPS) is 16.1. The average molecular weight is 186 g/mol. The van der Waals surface area contributed by atoms with Crippen molar-refractivity contribution < 1.29 is 0 Å². The molecule has 0 aromatic heterocycles. The fraction of sp³-hybridized carbons (Fsp3) is 0.385. The number of nitrogens with one attached hydrogen (secondary N) is 1. The molecule has 1 radical (unpaired) electrons. The van der Waals surface area contributed by atoms with E-state index in [1.54, 1.807) is 5.57 Å². The van der Waals surface area contributed by atoms with E-state index in [-0.39, 0.29) is 0 Å². The van der Waals surface area contributed by atoms with Crippen LogP contribution >= 0.6 is 0 Å². The van der Waals surface area contributed by atoms with Crippen LogP contribution < -0.4 is 5.32 Å². The highest BCUT2D eigenvalue weighted by molar-refractivity contribution is 5.42. The first-order valence-electron chi connectivity index (χ1n) is 5.33. The SMILES string of the molecule is [c]1ccccc1NCC1=CCCCC1. The Bertz CT molecular complexity index is 300. The van der Waals surface area contributed by atoms with Gasteiger partial charge in [-0.15, -0.1) is 0 Å². The Labute approximate surface area is 85.8 Å². The molecule has 1 aromatic rings. The zero-order chi connectivity index (χ0) is 9.64. The summed E-state index contributed by atoms with van der Waals surface area (Å²) in [4.78, 5) is 0. The van der Waals surface area contributed by atoms with Gasteiger partial charge in [-0.2, -0.15) is 0 Å². The number of hydrogen-bond acceptors (Lipinski definition) is 1. The van der Waals surface area contributed by atoms with Crippen LogP contribution in [0.25, 0.3) is 0 Å². The zero-order valence-corrected chi connectivity index (χ0v) is 8.42. The molecule has 0 amide bonds. The highest BCUT2D eigenvalue weighted by Gasteiger charge is 2.02. The average Bonchev–Trinajstić information content (AvgIpc) is 2.29. The Morgan fingerprint density at radius 1 is 1.29 bits per heavy atom. The number of hydrogen-bond donors (Lipinski definition) is 1. The van der Waals surface area contributed by atoms with E-state index in [1.807, 2.05) is 18.2 Å². The van der Waals surface area contributed by atoms with Crippen molar-refractivity contribution in [2.45, 2.75) is 25.7 Å². The van der Waals surface area contributed by atoms with Crippen molar-refractivity contribution in [2.24, 2.45) is 0 Å². The smallest absolute Gasteiger partial charge is 0.0423 e. The number of rotatable bonds is 3. The fourth-order valence-electron chi connectivity index (χ4n) is 1.78. The minimum absolute atomic E-state index is 0.987. The van der Waals surface area contributed by atoms with Gasteiger partial charge in [-0.25, -0.2) is 0 Å². The van der Waals surface area contributed by atoms with Gasteiger partial charge in [0.2, 0.25) is 0 Å². The van der Waals surface area contributed by atoms with Crippen molar-refractivity contribution in [2.75, 3.05) is 11.9 Å². The first-order valence-corrected chi connectivity index (χ1v) is 5.33. The molecule has 1 aliphatic carbocycles. The molecule has 0 bridgehead atoms. The van der Waals surface area contributed by atoms with Crippen molar-refractivity contribution in [3.63, 3.8) is 0 Å². The molecule has 14 heavy (non-hydrogen) atoms. The van der Waals surface area contributed by atoms with Crippen molar-refractivity contribution in [3.05, 3.63) is 42.0 Å². The van der Waals surface area contributed by atoms with Gasteiger partial charge >= 0.3 is 0 Å². The Hall–Kier alpha value is -1.24. The molecule has 0 heterocycles. The third-order valence-corrected chi connectivity index (χ3v) is 2.60. The predicted molar refractivity (Wildman–Crippen MR) is 60.3 cm³/mol. The summed E-state index contributed by atoms with van der Waals surface area (Å²) in [5, 5.41) is 3.39. The van der Waals surface area contributed by atoms with E-state index in [0.717, 1.165) is 12.2 Å². The summed E-state index contributed by atoms with van der Waals surface area (Å²) in [6.07, 6.45) is 7.61. The molecule has 0 saturated heterocycles. The zero-order valence-electron chi connectivity index (χ0n) is 8.42. The van der Waals surface area contributed by atoms with Crippen molar-refractivity contribution in [1.29, 1.82) is 0 Å². The van der Waals surface area contributed by atoms with E-state index in [9.17, 15) is 0 Å². The van der Waals surface area contributed by atoms with Gasteiger partial charge in [0.25, 0.3) is 0 Å². The van der Waals surface area contributed by atoms with E-state index >= 15 is 0 Å². The van der Waals surface area contributed by atoms with Crippen LogP contribution in [0.3, 0.4) is 0 Å². The lowest BCUT2D eigenvalue weighted by Gasteiger charge is -2.13. The summed E-state index contributed by atoms with van der Waals surface area (Å²) in [6.45, 7) is 0.987. The lowest BCUT2D eigenvalue weighted by atomic mass is 10.00. The van der Waals surface area contributed by atoms with Crippen LogP contribution in [0.1, 0.15) is 25.7 Å². The van der Waals surface area contributed by atoms with Gasteiger partial charge in [-0.3, -0.25) is 0 Å². The molecule has 0 unspecified atom stereocenters. The topological polar surface area (TPSA) is 12.0 Å². The summed E-state index contributed by atoms with van der Waals surface area (Å²) in [6, 6.07) is 11.2. The number of benzene rings is 1. The van der Waals surface area contributed by atoms with E-state index in [1.165, 1.54) is 25.7 Å². The summed E-state index contributed by atoms with van der Waals surface area (Å²) >= 11 is 0. The molecule has 0 fully saturated rings. The lowest BCUT2D eigenvalue weighted by molar-refractivity contribution is 0.695. The van der Waals surface area contributed by atoms with E-state index in [2.05, 4.69) is 23.5 Å². The number of allylic oxidation sites excluding steroid dienone is 1. The van der Waals surface area contributed by atoms with E-state index < -0.39 is 0 Å². The van der Waals surface area contributed by atoms with Crippen LogP contribution in [0.15, 0.2) is 35.9 Å². The van der Waals surface area contributed by atoms with Crippen LogP contribution in [-0.4, -0.2) is 6.54 Å². The molecule has 0 spiro atoms. The maximum absolute atomic E-state index is 3.39. The first kappa shape index (κ1) is 9.32. The van der Waals surface area contributed by atoms with Gasteiger partial charge in [0.1, 0.15) is 0 Å². The number of para-hydroxylation sites is 1. The van der Waals surface area contributed by atoms with Crippen LogP contribution in [-0.2, 0) is 0 Å². The molecule has 73 valence electrons. The molecule has 1 aliphatic rings. The van der Waals surface area contributed by atoms with E-state index in [4.69, 9.17) is 0 Å². The summed E-state index contributed by atoms with van der Waals surface area (Å²) < 4.78 is 0. The quantitative estimate of drug-likeness (QED) is 0.713. The van der Waals surface area contributed by atoms with Gasteiger partial charge in [0.15, 0.2) is 0 Å². The van der Waals surface area contributed by atoms with Crippen molar-refractivity contribution >= 4 is 5.69 Å². The van der Waals surface area contributed by atoms with Crippen molar-refractivity contribution in [1.82, 2.24) is 0 Å². The second-order valence-electron chi connectivity index (χ2n) is 3.74. The maximum Gasteiger partial charge on any atom is 0.0423 e. The van der Waals surface area contributed by atoms with Crippen LogP contribution in [0.2, 0.25) is 0 Å². The summed E-state index contributed by atoms with van der Waals surface area (Å²) in [5.41, 5.74) is 2.65. The molecule has 0 atom stereocenters. The lowest BCUT2D eigenvalue weighted by Crippen LogP contribution is -2.06.